The molecule has 1 amide bonds. The fourth-order valence-electron chi connectivity index (χ4n) is 3.51. The van der Waals surface area contributed by atoms with E-state index in [0.29, 0.717) is 17.9 Å². The Morgan fingerprint density at radius 2 is 1.77 bits per heavy atom. The van der Waals surface area contributed by atoms with Crippen LogP contribution in [0.3, 0.4) is 0 Å². The van der Waals surface area contributed by atoms with Crippen molar-refractivity contribution in [3.8, 4) is 5.69 Å². The monoisotopic (exact) mass is 407 g/mol. The molecule has 1 fully saturated rings. The molecule has 2 heterocycles. The molecule has 0 radical (unpaired) electrons. The Kier molecular flexibility index (Phi) is 6.21. The predicted octanol–water partition coefficient (Wildman–Crippen LogP) is 2.69. The minimum Gasteiger partial charge on any atom is -0.347 e. The summed E-state index contributed by atoms with van der Waals surface area (Å²) in [5.74, 6) is -0.600. The summed E-state index contributed by atoms with van der Waals surface area (Å²) in [5, 5.41) is 7.14. The van der Waals surface area contributed by atoms with Crippen molar-refractivity contribution in [3.63, 3.8) is 0 Å². The van der Waals surface area contributed by atoms with Crippen LogP contribution in [-0.4, -0.2) is 58.7 Å². The Balaban J connectivity index is 1.30. The molecule has 2 aromatic carbocycles. The molecule has 1 saturated heterocycles. The highest BCUT2D eigenvalue weighted by molar-refractivity contribution is 5.92. The normalized spacial score (nSPS) is 15.3. The maximum atomic E-state index is 13.4. The Morgan fingerprint density at radius 1 is 1.03 bits per heavy atom. The van der Waals surface area contributed by atoms with Gasteiger partial charge in [0.25, 0.3) is 5.91 Å². The van der Waals surface area contributed by atoms with Crippen LogP contribution in [0.2, 0.25) is 0 Å². The molecular weight excluding hydrogens is 381 g/mol. The van der Waals surface area contributed by atoms with Gasteiger partial charge < -0.3 is 10.2 Å². The lowest BCUT2D eigenvalue weighted by Gasteiger charge is -2.32. The topological polar surface area (TPSA) is 53.4 Å². The maximum absolute atomic E-state index is 13.4. The van der Waals surface area contributed by atoms with Crippen LogP contribution in [0.25, 0.3) is 5.69 Å². The molecule has 0 atom stereocenters. The van der Waals surface area contributed by atoms with E-state index in [4.69, 9.17) is 0 Å². The van der Waals surface area contributed by atoms with Crippen molar-refractivity contribution in [1.82, 2.24) is 24.9 Å². The van der Waals surface area contributed by atoms with Gasteiger partial charge >= 0.3 is 0 Å². The van der Waals surface area contributed by atoms with Crippen LogP contribution >= 0.6 is 0 Å². The molecule has 1 N–H and O–H groups in total. The lowest BCUT2D eigenvalue weighted by Crippen LogP contribution is -2.43. The molecule has 0 saturated carbocycles. The summed E-state index contributed by atoms with van der Waals surface area (Å²) >= 11 is 0. The zero-order chi connectivity index (χ0) is 20.9. The molecule has 0 unspecified atom stereocenters. The van der Waals surface area contributed by atoms with Crippen LogP contribution in [0.1, 0.15) is 21.6 Å². The number of likely N-dealkylation sites (N-methyl/N-ethyl adjacent to an activating group) is 1. The summed E-state index contributed by atoms with van der Waals surface area (Å²) in [6.07, 6.45) is 1.65. The zero-order valence-corrected chi connectivity index (χ0v) is 17.1. The van der Waals surface area contributed by atoms with Crippen molar-refractivity contribution in [3.05, 3.63) is 83.4 Å². The molecule has 1 aliphatic heterocycles. The van der Waals surface area contributed by atoms with Crippen LogP contribution in [0, 0.1) is 5.82 Å². The number of carbonyl (C=O) groups is 1. The third-order valence-electron chi connectivity index (χ3n) is 5.37. The van der Waals surface area contributed by atoms with E-state index in [2.05, 4.69) is 51.5 Å². The molecule has 3 aromatic rings. The minimum atomic E-state index is -0.343. The molecule has 156 valence electrons. The number of rotatable bonds is 6. The highest BCUT2D eigenvalue weighted by atomic mass is 19.1. The Hall–Kier alpha value is -3.03. The van der Waals surface area contributed by atoms with Gasteiger partial charge in [-0.15, -0.1) is 0 Å². The first-order valence-electron chi connectivity index (χ1n) is 10.2. The summed E-state index contributed by atoms with van der Waals surface area (Å²) < 4.78 is 14.9. The molecule has 6 nitrogen and oxygen atoms in total. The Labute approximate surface area is 175 Å². The van der Waals surface area contributed by atoms with Gasteiger partial charge in [0.15, 0.2) is 5.69 Å². The number of hydrogen-bond acceptors (Lipinski definition) is 4. The highest BCUT2D eigenvalue weighted by Gasteiger charge is 2.14. The van der Waals surface area contributed by atoms with Crippen molar-refractivity contribution < 1.29 is 9.18 Å². The largest absolute Gasteiger partial charge is 0.347 e. The van der Waals surface area contributed by atoms with Crippen molar-refractivity contribution in [2.75, 3.05) is 33.2 Å². The number of nitrogens with zero attached hydrogens (tertiary/aromatic N) is 4. The number of amides is 1. The summed E-state index contributed by atoms with van der Waals surface area (Å²) in [6.45, 7) is 5.80. The van der Waals surface area contributed by atoms with Gasteiger partial charge in [0, 0.05) is 45.5 Å². The van der Waals surface area contributed by atoms with Gasteiger partial charge in [-0.25, -0.2) is 9.07 Å². The third kappa shape index (κ3) is 5.11. The van der Waals surface area contributed by atoms with E-state index >= 15 is 0 Å². The first-order chi connectivity index (χ1) is 14.6. The lowest BCUT2D eigenvalue weighted by atomic mass is 10.1. The number of nitrogens with one attached hydrogen (secondary N) is 1. The van der Waals surface area contributed by atoms with E-state index in [1.165, 1.54) is 22.4 Å². The Bertz CT molecular complexity index is 993. The Morgan fingerprint density at radius 3 is 2.50 bits per heavy atom. The second kappa shape index (κ2) is 9.19. The second-order valence-corrected chi connectivity index (χ2v) is 7.70. The van der Waals surface area contributed by atoms with Crippen molar-refractivity contribution in [2.45, 2.75) is 13.1 Å². The second-order valence-electron chi connectivity index (χ2n) is 7.70. The molecular formula is C23H26FN5O. The predicted molar refractivity (Wildman–Crippen MR) is 114 cm³/mol. The number of carbonyl (C=O) groups excluding carboxylic acids is 1. The number of aromatic nitrogens is 2. The first kappa shape index (κ1) is 20.3. The van der Waals surface area contributed by atoms with Gasteiger partial charge in [-0.1, -0.05) is 30.3 Å². The fourth-order valence-corrected chi connectivity index (χ4v) is 3.51. The van der Waals surface area contributed by atoms with Crippen LogP contribution in [0.5, 0.6) is 0 Å². The van der Waals surface area contributed by atoms with E-state index in [-0.39, 0.29) is 11.7 Å². The average Bonchev–Trinajstić information content (AvgIpc) is 3.25. The number of benzene rings is 2. The summed E-state index contributed by atoms with van der Waals surface area (Å²) in [6, 6.07) is 16.1. The summed E-state index contributed by atoms with van der Waals surface area (Å²) in [7, 11) is 2.16. The van der Waals surface area contributed by atoms with E-state index < -0.39 is 0 Å². The number of piperazine rings is 1. The molecule has 30 heavy (non-hydrogen) atoms. The number of hydrogen-bond donors (Lipinski definition) is 1. The van der Waals surface area contributed by atoms with E-state index in [1.807, 2.05) is 0 Å². The minimum absolute atomic E-state index is 0.258. The SMILES string of the molecule is CN1CCN(Cc2ccc(CNC(=O)c3ccn(-c4cccc(F)c4)n3)cc2)CC1. The van der Waals surface area contributed by atoms with Gasteiger partial charge in [-0.2, -0.15) is 5.10 Å². The van der Waals surface area contributed by atoms with Gasteiger partial charge in [0.1, 0.15) is 5.82 Å². The molecule has 4 rings (SSSR count). The first-order valence-corrected chi connectivity index (χ1v) is 10.2. The molecule has 7 heteroatoms. The van der Waals surface area contributed by atoms with Gasteiger partial charge in [-0.05, 0) is 42.4 Å². The van der Waals surface area contributed by atoms with E-state index in [1.54, 1.807) is 24.4 Å². The van der Waals surface area contributed by atoms with Crippen LogP contribution in [0.15, 0.2) is 60.8 Å². The summed E-state index contributed by atoms with van der Waals surface area (Å²) in [4.78, 5) is 17.2. The van der Waals surface area contributed by atoms with E-state index in [9.17, 15) is 9.18 Å². The third-order valence-corrected chi connectivity index (χ3v) is 5.37. The van der Waals surface area contributed by atoms with Crippen LogP contribution in [0.4, 0.5) is 4.39 Å². The van der Waals surface area contributed by atoms with Gasteiger partial charge in [-0.3, -0.25) is 9.69 Å². The van der Waals surface area contributed by atoms with Crippen molar-refractivity contribution in [1.29, 1.82) is 0 Å². The van der Waals surface area contributed by atoms with Gasteiger partial charge in [0.2, 0.25) is 0 Å². The fraction of sp³-hybridized carbons (Fsp3) is 0.304. The van der Waals surface area contributed by atoms with E-state index in [0.717, 1.165) is 38.3 Å². The van der Waals surface area contributed by atoms with Gasteiger partial charge in [0.05, 0.1) is 5.69 Å². The quantitative estimate of drug-likeness (QED) is 0.683. The van der Waals surface area contributed by atoms with Crippen LogP contribution in [-0.2, 0) is 13.1 Å². The lowest BCUT2D eigenvalue weighted by molar-refractivity contribution is 0.0945. The smallest absolute Gasteiger partial charge is 0.272 e. The summed E-state index contributed by atoms with van der Waals surface area (Å²) in [5.41, 5.74) is 3.19. The number of halogens is 1. The molecule has 1 aliphatic rings. The molecule has 1 aromatic heterocycles. The molecule has 0 bridgehead atoms. The maximum Gasteiger partial charge on any atom is 0.272 e. The van der Waals surface area contributed by atoms with Crippen molar-refractivity contribution >= 4 is 5.91 Å². The van der Waals surface area contributed by atoms with Crippen LogP contribution < -0.4 is 5.32 Å². The zero-order valence-electron chi connectivity index (χ0n) is 17.1. The standard InChI is InChI=1S/C23H26FN5O/c1-27-11-13-28(14-12-27)17-19-7-5-18(6-8-19)16-25-23(30)22-9-10-29(26-22)21-4-2-3-20(24)15-21/h2-10,15H,11-14,16-17H2,1H3,(H,25,30). The van der Waals surface area contributed by atoms with Crippen molar-refractivity contribution in [2.24, 2.45) is 0 Å². The highest BCUT2D eigenvalue weighted by Crippen LogP contribution is 2.11. The molecule has 0 aliphatic carbocycles. The molecule has 0 spiro atoms. The average molecular weight is 407 g/mol.